The number of halogens is 5. The highest BCUT2D eigenvalue weighted by atomic mass is 19.4. The summed E-state index contributed by atoms with van der Waals surface area (Å²) < 4.78 is 62.6. The number of imidazole rings is 1. The van der Waals surface area contributed by atoms with Gasteiger partial charge in [-0.25, -0.2) is 13.8 Å². The molecule has 1 aromatic heterocycles. The lowest BCUT2D eigenvalue weighted by Crippen LogP contribution is -2.06. The Morgan fingerprint density at radius 3 is 2.53 bits per heavy atom. The molecule has 92 valence electrons. The third kappa shape index (κ3) is 2.37. The normalized spacial score (nSPS) is 12.6. The fourth-order valence-electron chi connectivity index (χ4n) is 1.53. The van der Waals surface area contributed by atoms with Crippen molar-refractivity contribution in [3.05, 3.63) is 30.1 Å². The molecule has 0 atom stereocenters. The molecule has 0 aliphatic carbocycles. The van der Waals surface area contributed by atoms with Crippen LogP contribution in [0.15, 0.2) is 24.5 Å². The summed E-state index contributed by atoms with van der Waals surface area (Å²) in [6, 6.07) is 2.84. The molecule has 0 N–H and O–H groups in total. The van der Waals surface area contributed by atoms with Gasteiger partial charge in [0, 0.05) is 0 Å². The fourth-order valence-corrected chi connectivity index (χ4v) is 1.53. The lowest BCUT2D eigenvalue weighted by Gasteiger charge is -2.07. The Kier molecular flexibility index (Phi) is 2.76. The molecule has 1 heterocycles. The van der Waals surface area contributed by atoms with Crippen molar-refractivity contribution in [1.29, 1.82) is 0 Å². The zero-order valence-electron chi connectivity index (χ0n) is 8.38. The summed E-state index contributed by atoms with van der Waals surface area (Å²) >= 11 is 0. The number of aromatic nitrogens is 2. The summed E-state index contributed by atoms with van der Waals surface area (Å²) in [7, 11) is 0. The first kappa shape index (κ1) is 11.8. The minimum atomic E-state index is -4.46. The SMILES string of the molecule is FC(F)Cn1cnc2cc(C(F)(F)F)ccc21. The Hall–Kier alpha value is -1.66. The van der Waals surface area contributed by atoms with Crippen LogP contribution in [0, 0.1) is 0 Å². The van der Waals surface area contributed by atoms with Gasteiger partial charge in [0.15, 0.2) is 0 Å². The Labute approximate surface area is 92.7 Å². The van der Waals surface area contributed by atoms with Gasteiger partial charge < -0.3 is 4.57 Å². The molecule has 0 radical (unpaired) electrons. The first-order valence-electron chi connectivity index (χ1n) is 4.68. The smallest absolute Gasteiger partial charge is 0.325 e. The zero-order valence-corrected chi connectivity index (χ0v) is 8.38. The maximum Gasteiger partial charge on any atom is 0.416 e. The second-order valence-corrected chi connectivity index (χ2v) is 3.49. The third-order valence-corrected chi connectivity index (χ3v) is 2.28. The molecule has 0 unspecified atom stereocenters. The molecule has 0 aliphatic heterocycles. The van der Waals surface area contributed by atoms with Gasteiger partial charge in [-0.2, -0.15) is 13.2 Å². The molecule has 0 spiro atoms. The second kappa shape index (κ2) is 3.97. The third-order valence-electron chi connectivity index (χ3n) is 2.28. The number of alkyl halides is 5. The van der Waals surface area contributed by atoms with Crippen LogP contribution in [0.25, 0.3) is 11.0 Å². The van der Waals surface area contributed by atoms with Crippen LogP contribution in [0.5, 0.6) is 0 Å². The van der Waals surface area contributed by atoms with E-state index >= 15 is 0 Å². The Balaban J connectivity index is 2.45. The quantitative estimate of drug-likeness (QED) is 0.747. The number of hydrogen-bond acceptors (Lipinski definition) is 1. The van der Waals surface area contributed by atoms with Crippen molar-refractivity contribution in [3.63, 3.8) is 0 Å². The van der Waals surface area contributed by atoms with Gasteiger partial charge in [0.1, 0.15) is 0 Å². The molecular weight excluding hydrogens is 243 g/mol. The summed E-state index contributed by atoms with van der Waals surface area (Å²) in [5, 5.41) is 0. The molecule has 0 bridgehead atoms. The molecule has 0 saturated carbocycles. The van der Waals surface area contributed by atoms with Gasteiger partial charge >= 0.3 is 6.18 Å². The number of benzene rings is 1. The van der Waals surface area contributed by atoms with E-state index in [-0.39, 0.29) is 11.0 Å². The molecule has 1 aromatic carbocycles. The lowest BCUT2D eigenvalue weighted by molar-refractivity contribution is -0.137. The highest BCUT2D eigenvalue weighted by molar-refractivity contribution is 5.76. The fraction of sp³-hybridized carbons (Fsp3) is 0.300. The molecule has 2 rings (SSSR count). The van der Waals surface area contributed by atoms with Crippen LogP contribution in [0.2, 0.25) is 0 Å². The molecule has 0 amide bonds. The van der Waals surface area contributed by atoms with Crippen molar-refractivity contribution in [2.45, 2.75) is 19.1 Å². The Morgan fingerprint density at radius 1 is 1.24 bits per heavy atom. The van der Waals surface area contributed by atoms with Crippen LogP contribution in [-0.4, -0.2) is 16.0 Å². The molecule has 2 aromatic rings. The lowest BCUT2D eigenvalue weighted by atomic mass is 10.2. The van der Waals surface area contributed by atoms with Gasteiger partial charge in [-0.1, -0.05) is 0 Å². The van der Waals surface area contributed by atoms with Gasteiger partial charge in [-0.05, 0) is 18.2 Å². The van der Waals surface area contributed by atoms with E-state index in [0.717, 1.165) is 29.1 Å². The van der Waals surface area contributed by atoms with Crippen molar-refractivity contribution in [2.75, 3.05) is 0 Å². The van der Waals surface area contributed by atoms with Crippen LogP contribution >= 0.6 is 0 Å². The molecule has 7 heteroatoms. The van der Waals surface area contributed by atoms with Crippen LogP contribution < -0.4 is 0 Å². The minimum Gasteiger partial charge on any atom is -0.325 e. The summed E-state index contributed by atoms with van der Waals surface area (Å²) in [5.41, 5.74) is -0.522. The van der Waals surface area contributed by atoms with Crippen LogP contribution in [0.1, 0.15) is 5.56 Å². The van der Waals surface area contributed by atoms with E-state index in [4.69, 9.17) is 0 Å². The van der Waals surface area contributed by atoms with E-state index in [0.29, 0.717) is 0 Å². The summed E-state index contributed by atoms with van der Waals surface area (Å²) in [6.45, 7) is -0.581. The van der Waals surface area contributed by atoms with Crippen molar-refractivity contribution in [2.24, 2.45) is 0 Å². The molecule has 0 aliphatic rings. The van der Waals surface area contributed by atoms with Gasteiger partial charge in [0.2, 0.25) is 0 Å². The summed E-state index contributed by atoms with van der Waals surface area (Å²) in [4.78, 5) is 3.68. The van der Waals surface area contributed by atoms with Gasteiger partial charge in [-0.3, -0.25) is 0 Å². The average molecular weight is 250 g/mol. The van der Waals surface area contributed by atoms with E-state index in [1.807, 2.05) is 0 Å². The number of nitrogens with zero attached hydrogens (tertiary/aromatic N) is 2. The van der Waals surface area contributed by atoms with E-state index in [1.165, 1.54) is 0 Å². The zero-order chi connectivity index (χ0) is 12.6. The average Bonchev–Trinajstić information content (AvgIpc) is 2.59. The predicted molar refractivity (Wildman–Crippen MR) is 50.7 cm³/mol. The predicted octanol–water partition coefficient (Wildman–Crippen LogP) is 3.32. The van der Waals surface area contributed by atoms with E-state index in [1.54, 1.807) is 0 Å². The second-order valence-electron chi connectivity index (χ2n) is 3.49. The maximum absolute atomic E-state index is 12.4. The van der Waals surface area contributed by atoms with Crippen LogP contribution in [0.4, 0.5) is 22.0 Å². The van der Waals surface area contributed by atoms with E-state index in [2.05, 4.69) is 4.98 Å². The van der Waals surface area contributed by atoms with Crippen LogP contribution in [0.3, 0.4) is 0 Å². The largest absolute Gasteiger partial charge is 0.416 e. The highest BCUT2D eigenvalue weighted by Gasteiger charge is 2.30. The first-order valence-corrected chi connectivity index (χ1v) is 4.68. The molecule has 17 heavy (non-hydrogen) atoms. The Bertz CT molecular complexity index is 529. The summed E-state index contributed by atoms with van der Waals surface area (Å²) in [6.07, 6.45) is -5.92. The van der Waals surface area contributed by atoms with E-state index in [9.17, 15) is 22.0 Å². The molecule has 0 saturated heterocycles. The number of rotatable bonds is 2. The number of fused-ring (bicyclic) bond motifs is 1. The molecule has 2 nitrogen and oxygen atoms in total. The highest BCUT2D eigenvalue weighted by Crippen LogP contribution is 2.31. The minimum absolute atomic E-state index is 0.0560. The molecule has 0 fully saturated rings. The number of hydrogen-bond donors (Lipinski definition) is 0. The standard InChI is InChI=1S/C10H7F5N2/c11-9(12)4-17-5-16-7-3-6(10(13,14)15)1-2-8(7)17/h1-3,5,9H,4H2. The maximum atomic E-state index is 12.4. The first-order chi connectivity index (χ1) is 7.88. The van der Waals surface area contributed by atoms with E-state index < -0.39 is 24.7 Å². The Morgan fingerprint density at radius 2 is 1.94 bits per heavy atom. The van der Waals surface area contributed by atoms with Crippen molar-refractivity contribution < 1.29 is 22.0 Å². The van der Waals surface area contributed by atoms with Crippen molar-refractivity contribution >= 4 is 11.0 Å². The van der Waals surface area contributed by atoms with Gasteiger partial charge in [0.05, 0.1) is 29.5 Å². The van der Waals surface area contributed by atoms with Gasteiger partial charge in [0.25, 0.3) is 6.43 Å². The molecular formula is C10H7F5N2. The topological polar surface area (TPSA) is 17.8 Å². The van der Waals surface area contributed by atoms with Crippen molar-refractivity contribution in [3.8, 4) is 0 Å². The van der Waals surface area contributed by atoms with Crippen LogP contribution in [-0.2, 0) is 12.7 Å². The van der Waals surface area contributed by atoms with Gasteiger partial charge in [-0.15, -0.1) is 0 Å². The monoisotopic (exact) mass is 250 g/mol. The van der Waals surface area contributed by atoms with Crippen molar-refractivity contribution in [1.82, 2.24) is 9.55 Å². The summed E-state index contributed by atoms with van der Waals surface area (Å²) in [5.74, 6) is 0.